The molecular weight excluding hydrogens is 528 g/mol. The molecule has 9 heteroatoms. The van der Waals surface area contributed by atoms with Crippen molar-refractivity contribution in [2.24, 2.45) is 5.92 Å². The van der Waals surface area contributed by atoms with E-state index in [2.05, 4.69) is 33.0 Å². The molecule has 2 saturated heterocycles. The minimum Gasteiger partial charge on any atom is -0.497 e. The maximum Gasteiger partial charge on any atom is 0.124 e. The fourth-order valence-electron chi connectivity index (χ4n) is 5.83. The summed E-state index contributed by atoms with van der Waals surface area (Å²) in [6.07, 6.45) is 16.1. The highest BCUT2D eigenvalue weighted by atomic mass is 16.5. The molecular formula is C33H38N6O3. The second kappa shape index (κ2) is 12.8. The van der Waals surface area contributed by atoms with Gasteiger partial charge in [-0.15, -0.1) is 12.3 Å². The topological polar surface area (TPSA) is 77.8 Å². The van der Waals surface area contributed by atoms with E-state index in [1.54, 1.807) is 14.2 Å². The lowest BCUT2D eigenvalue weighted by Crippen LogP contribution is -2.31. The molecule has 2 fully saturated rings. The number of benzene rings is 2. The maximum atomic E-state index is 5.90. The van der Waals surface area contributed by atoms with Gasteiger partial charge < -0.3 is 24.0 Å². The van der Waals surface area contributed by atoms with E-state index in [4.69, 9.17) is 30.6 Å². The first-order valence-electron chi connectivity index (χ1n) is 14.7. The van der Waals surface area contributed by atoms with Crippen LogP contribution in [0, 0.1) is 18.3 Å². The quantitative estimate of drug-likeness (QED) is 0.243. The number of rotatable bonds is 10. The van der Waals surface area contributed by atoms with E-state index in [0.717, 1.165) is 104 Å². The van der Waals surface area contributed by atoms with Crippen molar-refractivity contribution in [3.8, 4) is 35.1 Å². The van der Waals surface area contributed by atoms with Gasteiger partial charge in [0, 0.05) is 73.5 Å². The largest absolute Gasteiger partial charge is 0.497 e. The Labute approximate surface area is 247 Å². The highest BCUT2D eigenvalue weighted by Crippen LogP contribution is 2.34. The molecule has 2 aliphatic heterocycles. The monoisotopic (exact) mass is 566 g/mol. The molecule has 0 amide bonds. The molecule has 2 aliphatic rings. The number of fused-ring (bicyclic) bond motifs is 1. The second-order valence-corrected chi connectivity index (χ2v) is 11.0. The van der Waals surface area contributed by atoms with Gasteiger partial charge in [0.25, 0.3) is 0 Å². The fourth-order valence-corrected chi connectivity index (χ4v) is 5.83. The van der Waals surface area contributed by atoms with Crippen molar-refractivity contribution in [2.45, 2.75) is 38.3 Å². The van der Waals surface area contributed by atoms with Gasteiger partial charge in [-0.3, -0.25) is 9.67 Å². The van der Waals surface area contributed by atoms with Gasteiger partial charge in [-0.2, -0.15) is 5.10 Å². The van der Waals surface area contributed by atoms with E-state index in [9.17, 15) is 0 Å². The Morgan fingerprint density at radius 2 is 1.88 bits per heavy atom. The van der Waals surface area contributed by atoms with Crippen molar-refractivity contribution in [3.05, 3.63) is 55.0 Å². The van der Waals surface area contributed by atoms with Crippen LogP contribution in [0.4, 0.5) is 11.4 Å². The van der Waals surface area contributed by atoms with Gasteiger partial charge in [0.2, 0.25) is 0 Å². The Morgan fingerprint density at radius 3 is 2.62 bits per heavy atom. The van der Waals surface area contributed by atoms with Crippen molar-refractivity contribution in [2.75, 3.05) is 51.9 Å². The maximum absolute atomic E-state index is 5.90. The Morgan fingerprint density at radius 1 is 1.02 bits per heavy atom. The lowest BCUT2D eigenvalue weighted by molar-refractivity contribution is 0.00400. The molecule has 42 heavy (non-hydrogen) atoms. The molecule has 0 N–H and O–H groups in total. The van der Waals surface area contributed by atoms with Crippen LogP contribution >= 0.6 is 0 Å². The first-order chi connectivity index (χ1) is 20.6. The van der Waals surface area contributed by atoms with Crippen LogP contribution in [0.1, 0.15) is 25.7 Å². The molecule has 2 aromatic carbocycles. The Kier molecular flexibility index (Phi) is 8.54. The van der Waals surface area contributed by atoms with Crippen LogP contribution in [-0.4, -0.2) is 77.8 Å². The van der Waals surface area contributed by atoms with Crippen LogP contribution in [-0.2, 0) is 11.3 Å². The number of likely N-dealkylation sites (tertiary alicyclic amines) is 1. The SMILES string of the molecule is C#C[C@H]1CCN(CCN(c2cc(OC)cc(OC)c2)c2ccc3ncc(-c4cnn(CC5CCCCO5)c4)nc3c2)C1. The van der Waals surface area contributed by atoms with Crippen LogP contribution < -0.4 is 14.4 Å². The average molecular weight is 567 g/mol. The zero-order valence-corrected chi connectivity index (χ0v) is 24.4. The summed E-state index contributed by atoms with van der Waals surface area (Å²) >= 11 is 0. The molecule has 9 nitrogen and oxygen atoms in total. The summed E-state index contributed by atoms with van der Waals surface area (Å²) in [6.45, 7) is 5.17. The molecule has 6 rings (SSSR count). The summed E-state index contributed by atoms with van der Waals surface area (Å²) in [6, 6.07) is 12.2. The number of hydrogen-bond donors (Lipinski definition) is 0. The van der Waals surface area contributed by atoms with Crippen LogP contribution in [0.25, 0.3) is 22.3 Å². The predicted octanol–water partition coefficient (Wildman–Crippen LogP) is 5.17. The summed E-state index contributed by atoms with van der Waals surface area (Å²) in [5.41, 5.74) is 5.39. The molecule has 0 radical (unpaired) electrons. The molecule has 0 saturated carbocycles. The number of aromatic nitrogens is 4. The number of ether oxygens (including phenoxy) is 3. The van der Waals surface area contributed by atoms with Crippen molar-refractivity contribution in [3.63, 3.8) is 0 Å². The van der Waals surface area contributed by atoms with Crippen LogP contribution in [0.3, 0.4) is 0 Å². The average Bonchev–Trinajstić information content (AvgIpc) is 3.71. The molecule has 0 bridgehead atoms. The number of methoxy groups -OCH3 is 2. The van der Waals surface area contributed by atoms with Gasteiger partial charge in [-0.25, -0.2) is 4.98 Å². The van der Waals surface area contributed by atoms with Crippen molar-refractivity contribution >= 4 is 22.4 Å². The van der Waals surface area contributed by atoms with Gasteiger partial charge in [-0.05, 0) is 50.4 Å². The van der Waals surface area contributed by atoms with Crippen molar-refractivity contribution in [1.29, 1.82) is 0 Å². The summed E-state index contributed by atoms with van der Waals surface area (Å²) in [5.74, 6) is 4.72. The summed E-state index contributed by atoms with van der Waals surface area (Å²) in [7, 11) is 3.34. The van der Waals surface area contributed by atoms with Gasteiger partial charge in [0.1, 0.15) is 11.5 Å². The van der Waals surface area contributed by atoms with E-state index in [1.165, 1.54) is 6.42 Å². The molecule has 2 aromatic heterocycles. The molecule has 2 atom stereocenters. The van der Waals surface area contributed by atoms with Crippen molar-refractivity contribution in [1.82, 2.24) is 24.6 Å². The van der Waals surface area contributed by atoms with Crippen molar-refractivity contribution < 1.29 is 14.2 Å². The smallest absolute Gasteiger partial charge is 0.124 e. The lowest BCUT2D eigenvalue weighted by atomic mass is 10.1. The first-order valence-corrected chi connectivity index (χ1v) is 14.7. The summed E-state index contributed by atoms with van der Waals surface area (Å²) < 4.78 is 19.0. The van der Waals surface area contributed by atoms with E-state index in [0.29, 0.717) is 5.92 Å². The van der Waals surface area contributed by atoms with Gasteiger partial charge >= 0.3 is 0 Å². The minimum atomic E-state index is 0.218. The highest BCUT2D eigenvalue weighted by molar-refractivity contribution is 5.82. The molecule has 0 spiro atoms. The molecule has 4 heterocycles. The summed E-state index contributed by atoms with van der Waals surface area (Å²) in [4.78, 5) is 14.5. The van der Waals surface area contributed by atoms with Crippen LogP contribution in [0.5, 0.6) is 11.5 Å². The standard InChI is InChI=1S/C33H38N6O3/c1-4-24-10-11-37(21-24)12-13-39(27-15-29(40-2)18-30(16-27)41-3)26-8-9-31-32(17-26)36-33(20-34-31)25-19-35-38(22-25)23-28-7-5-6-14-42-28/h1,8-9,15-20,22,24,28H,5-7,10-14,21,23H2,2-3H3/t24-,28?/m0/s1. The predicted molar refractivity (Wildman–Crippen MR) is 164 cm³/mol. The zero-order chi connectivity index (χ0) is 28.9. The van der Waals surface area contributed by atoms with E-state index in [1.807, 2.05) is 47.5 Å². The van der Waals surface area contributed by atoms with Gasteiger partial charge in [0.05, 0.1) is 56.0 Å². The normalized spacial score (nSPS) is 19.1. The first kappa shape index (κ1) is 28.0. The second-order valence-electron chi connectivity index (χ2n) is 11.0. The van der Waals surface area contributed by atoms with Crippen LogP contribution in [0.2, 0.25) is 0 Å². The molecule has 1 unspecified atom stereocenters. The number of terminal acetylenes is 1. The molecule has 0 aliphatic carbocycles. The zero-order valence-electron chi connectivity index (χ0n) is 24.4. The minimum absolute atomic E-state index is 0.218. The Balaban J connectivity index is 1.29. The third-order valence-corrected chi connectivity index (χ3v) is 8.23. The molecule has 218 valence electrons. The summed E-state index contributed by atoms with van der Waals surface area (Å²) in [5, 5.41) is 4.58. The highest BCUT2D eigenvalue weighted by Gasteiger charge is 2.22. The third kappa shape index (κ3) is 6.35. The number of anilines is 2. The van der Waals surface area contributed by atoms with Gasteiger partial charge in [0.15, 0.2) is 0 Å². The van der Waals surface area contributed by atoms with Gasteiger partial charge in [-0.1, -0.05) is 0 Å². The van der Waals surface area contributed by atoms with Crippen LogP contribution in [0.15, 0.2) is 55.0 Å². The van der Waals surface area contributed by atoms with E-state index >= 15 is 0 Å². The fraction of sp³-hybridized carbons (Fsp3) is 0.424. The Hall–Kier alpha value is -4.13. The lowest BCUT2D eigenvalue weighted by Gasteiger charge is -2.28. The molecule has 4 aromatic rings. The third-order valence-electron chi connectivity index (χ3n) is 8.23. The number of nitrogens with zero attached hydrogens (tertiary/aromatic N) is 6. The Bertz CT molecular complexity index is 1530. The van der Waals surface area contributed by atoms with E-state index in [-0.39, 0.29) is 6.10 Å². The van der Waals surface area contributed by atoms with E-state index < -0.39 is 0 Å². The number of hydrogen-bond acceptors (Lipinski definition) is 8.